The van der Waals surface area contributed by atoms with Crippen molar-refractivity contribution in [1.29, 1.82) is 0 Å². The number of aromatic amines is 1. The van der Waals surface area contributed by atoms with E-state index in [0.29, 0.717) is 18.8 Å². The van der Waals surface area contributed by atoms with Crippen LogP contribution >= 0.6 is 0 Å². The molecule has 1 heterocycles. The van der Waals surface area contributed by atoms with E-state index in [0.717, 1.165) is 22.0 Å². The number of hydrogen-bond acceptors (Lipinski definition) is 6. The molecule has 8 heteroatoms. The van der Waals surface area contributed by atoms with Crippen molar-refractivity contribution in [1.82, 2.24) is 4.98 Å². The summed E-state index contributed by atoms with van der Waals surface area (Å²) in [7, 11) is -3.78. The number of carbonyl (C=O) groups excluding carboxylic acids is 1. The summed E-state index contributed by atoms with van der Waals surface area (Å²) in [6.07, 6.45) is 2.21. The minimum atomic E-state index is -3.78. The molecule has 0 saturated carbocycles. The van der Waals surface area contributed by atoms with Crippen LogP contribution < -0.4 is 4.74 Å². The number of rotatable bonds is 10. The first-order valence-electron chi connectivity index (χ1n) is 10.5. The number of esters is 1. The highest BCUT2D eigenvalue weighted by molar-refractivity contribution is 7.86. The smallest absolute Gasteiger partial charge is 0.316 e. The van der Waals surface area contributed by atoms with Crippen LogP contribution in [0.25, 0.3) is 10.9 Å². The molecule has 0 aliphatic rings. The Balaban J connectivity index is 1.60. The van der Waals surface area contributed by atoms with Crippen molar-refractivity contribution in [2.75, 3.05) is 19.8 Å². The van der Waals surface area contributed by atoms with E-state index in [4.69, 9.17) is 13.7 Å². The summed E-state index contributed by atoms with van der Waals surface area (Å²) < 4.78 is 40.6. The van der Waals surface area contributed by atoms with Gasteiger partial charge in [0.05, 0.1) is 30.1 Å². The molecule has 0 aliphatic heterocycles. The maximum absolute atomic E-state index is 12.4. The second kappa shape index (κ2) is 9.75. The van der Waals surface area contributed by atoms with Gasteiger partial charge in [-0.15, -0.1) is 0 Å². The van der Waals surface area contributed by atoms with Crippen LogP contribution in [0, 0.1) is 6.92 Å². The van der Waals surface area contributed by atoms with Crippen LogP contribution in [0.15, 0.2) is 53.6 Å². The minimum Gasteiger partial charge on any atom is -0.493 e. The Hall–Kier alpha value is -2.84. The molecular weight excluding hydrogens is 430 g/mol. The minimum absolute atomic E-state index is 0.0176. The van der Waals surface area contributed by atoms with Crippen LogP contribution in [0.5, 0.6) is 5.75 Å². The lowest BCUT2D eigenvalue weighted by molar-refractivity contribution is -0.148. The Morgan fingerprint density at radius 2 is 1.78 bits per heavy atom. The maximum Gasteiger partial charge on any atom is 0.316 e. The number of nitrogens with one attached hydrogen (secondary N) is 1. The van der Waals surface area contributed by atoms with Crippen molar-refractivity contribution < 1.29 is 26.9 Å². The molecule has 7 nitrogen and oxygen atoms in total. The molecule has 0 atom stereocenters. The Labute approximate surface area is 188 Å². The molecule has 2 aromatic carbocycles. The molecule has 0 amide bonds. The number of benzene rings is 2. The number of fused-ring (bicyclic) bond motifs is 1. The van der Waals surface area contributed by atoms with Crippen LogP contribution in [0.3, 0.4) is 0 Å². The van der Waals surface area contributed by atoms with E-state index >= 15 is 0 Å². The fourth-order valence-corrected chi connectivity index (χ4v) is 4.26. The zero-order chi connectivity index (χ0) is 23.4. The third-order valence-corrected chi connectivity index (χ3v) is 6.54. The molecule has 3 aromatic rings. The monoisotopic (exact) mass is 459 g/mol. The largest absolute Gasteiger partial charge is 0.493 e. The highest BCUT2D eigenvalue weighted by Gasteiger charge is 2.33. The zero-order valence-electron chi connectivity index (χ0n) is 18.8. The lowest BCUT2D eigenvalue weighted by Crippen LogP contribution is -2.30. The quantitative estimate of drug-likeness (QED) is 0.273. The van der Waals surface area contributed by atoms with Gasteiger partial charge < -0.3 is 14.5 Å². The molecule has 0 radical (unpaired) electrons. The van der Waals surface area contributed by atoms with Crippen LogP contribution in [0.2, 0.25) is 0 Å². The number of H-pyrrole nitrogens is 1. The summed E-state index contributed by atoms with van der Waals surface area (Å²) in [6, 6.07) is 12.1. The van der Waals surface area contributed by atoms with Crippen molar-refractivity contribution >= 4 is 27.0 Å². The van der Waals surface area contributed by atoms with E-state index in [1.165, 1.54) is 12.1 Å². The van der Waals surface area contributed by atoms with Crippen molar-refractivity contribution in [2.45, 2.75) is 44.4 Å². The van der Waals surface area contributed by atoms with Gasteiger partial charge in [-0.2, -0.15) is 8.42 Å². The summed E-state index contributed by atoms with van der Waals surface area (Å²) in [5.74, 6) is 0.332. The van der Waals surface area contributed by atoms with Crippen molar-refractivity contribution in [3.63, 3.8) is 0 Å². The zero-order valence-corrected chi connectivity index (χ0v) is 19.6. The van der Waals surface area contributed by atoms with E-state index < -0.39 is 15.5 Å². The molecule has 1 N–H and O–H groups in total. The summed E-state index contributed by atoms with van der Waals surface area (Å²) in [6.45, 7) is 7.95. The Bertz CT molecular complexity index is 1180. The fraction of sp³-hybridized carbons (Fsp3) is 0.375. The van der Waals surface area contributed by atoms with Crippen LogP contribution in [-0.2, 0) is 29.2 Å². The molecule has 1 aromatic heterocycles. The Morgan fingerprint density at radius 3 is 2.47 bits per heavy atom. The van der Waals surface area contributed by atoms with Crippen molar-refractivity contribution in [3.05, 3.63) is 59.8 Å². The van der Waals surface area contributed by atoms with Gasteiger partial charge in [0.25, 0.3) is 10.1 Å². The van der Waals surface area contributed by atoms with E-state index in [1.807, 2.05) is 45.2 Å². The number of aromatic nitrogens is 1. The molecule has 0 spiro atoms. The molecule has 172 valence electrons. The lowest BCUT2D eigenvalue weighted by Gasteiger charge is -2.22. The summed E-state index contributed by atoms with van der Waals surface area (Å²) >= 11 is 0. The average Bonchev–Trinajstić information content (AvgIpc) is 3.18. The van der Waals surface area contributed by atoms with Gasteiger partial charge in [0.15, 0.2) is 0 Å². The van der Waals surface area contributed by atoms with Gasteiger partial charge in [0.1, 0.15) is 5.75 Å². The SMILES string of the molecule is CCOC(=O)C(C)(C)c1c[nH]c2ccc(OCCCOS(=O)(=O)c3ccc(C)cc3)cc12. The Kier molecular flexibility index (Phi) is 7.26. The second-order valence-electron chi connectivity index (χ2n) is 8.05. The number of ether oxygens (including phenoxy) is 2. The standard InChI is InChI=1S/C24H29NO6S/c1-5-29-23(26)24(3,4)21-16-25-22-12-9-18(15-20(21)22)30-13-6-14-31-32(27,28)19-10-7-17(2)8-11-19/h7-12,15-16,25H,5-6,13-14H2,1-4H3. The van der Waals surface area contributed by atoms with Gasteiger partial charge in [-0.05, 0) is 63.6 Å². The number of aryl methyl sites for hydroxylation is 1. The normalized spacial score (nSPS) is 12.1. The third kappa shape index (κ3) is 5.31. The first kappa shape index (κ1) is 23.8. The molecule has 0 bridgehead atoms. The Morgan fingerprint density at radius 1 is 1.06 bits per heavy atom. The summed E-state index contributed by atoms with van der Waals surface area (Å²) in [5.41, 5.74) is 1.87. The fourth-order valence-electron chi connectivity index (χ4n) is 3.32. The molecular formula is C24H29NO6S. The topological polar surface area (TPSA) is 94.7 Å². The molecule has 0 aliphatic carbocycles. The van der Waals surface area contributed by atoms with Crippen LogP contribution in [-0.4, -0.2) is 39.2 Å². The van der Waals surface area contributed by atoms with E-state index in [-0.39, 0.29) is 24.1 Å². The van der Waals surface area contributed by atoms with Gasteiger partial charge in [-0.25, -0.2) is 0 Å². The maximum atomic E-state index is 12.4. The molecule has 0 fully saturated rings. The second-order valence-corrected chi connectivity index (χ2v) is 9.66. The van der Waals surface area contributed by atoms with E-state index in [1.54, 1.807) is 19.1 Å². The molecule has 3 rings (SSSR count). The van der Waals surface area contributed by atoms with Crippen LogP contribution in [0.4, 0.5) is 0 Å². The highest BCUT2D eigenvalue weighted by atomic mass is 32.2. The number of carbonyl (C=O) groups is 1. The highest BCUT2D eigenvalue weighted by Crippen LogP contribution is 2.33. The van der Waals surface area contributed by atoms with Gasteiger partial charge in [0.2, 0.25) is 0 Å². The average molecular weight is 460 g/mol. The molecule has 0 saturated heterocycles. The first-order valence-corrected chi connectivity index (χ1v) is 11.9. The summed E-state index contributed by atoms with van der Waals surface area (Å²) in [4.78, 5) is 15.7. The van der Waals surface area contributed by atoms with Gasteiger partial charge in [0, 0.05) is 23.5 Å². The van der Waals surface area contributed by atoms with Gasteiger partial charge in [-0.3, -0.25) is 8.98 Å². The molecule has 0 unspecified atom stereocenters. The van der Waals surface area contributed by atoms with Crippen LogP contribution in [0.1, 0.15) is 38.3 Å². The van der Waals surface area contributed by atoms with Gasteiger partial charge >= 0.3 is 5.97 Å². The predicted octanol–water partition coefficient (Wildman–Crippen LogP) is 4.49. The number of hydrogen-bond donors (Lipinski definition) is 1. The lowest BCUT2D eigenvalue weighted by atomic mass is 9.84. The third-order valence-electron chi connectivity index (χ3n) is 5.22. The van der Waals surface area contributed by atoms with E-state index in [9.17, 15) is 13.2 Å². The molecule has 32 heavy (non-hydrogen) atoms. The first-order chi connectivity index (χ1) is 15.1. The van der Waals surface area contributed by atoms with Crippen molar-refractivity contribution in [2.24, 2.45) is 0 Å². The predicted molar refractivity (Wildman–Crippen MR) is 122 cm³/mol. The summed E-state index contributed by atoms with van der Waals surface area (Å²) in [5, 5.41) is 0.874. The van der Waals surface area contributed by atoms with Gasteiger partial charge in [-0.1, -0.05) is 17.7 Å². The van der Waals surface area contributed by atoms with Crippen molar-refractivity contribution in [3.8, 4) is 5.75 Å². The van der Waals surface area contributed by atoms with E-state index in [2.05, 4.69) is 4.98 Å².